The zero-order valence-electron chi connectivity index (χ0n) is 11.0. The normalized spacial score (nSPS) is 21.2. The van der Waals surface area contributed by atoms with Crippen LogP contribution in [0.15, 0.2) is 36.5 Å². The molecule has 98 valence electrons. The van der Waals surface area contributed by atoms with Crippen LogP contribution in [0.3, 0.4) is 0 Å². The minimum Gasteiger partial charge on any atom is -0.464 e. The van der Waals surface area contributed by atoms with E-state index in [1.54, 1.807) is 13.1 Å². The lowest BCUT2D eigenvalue weighted by molar-refractivity contribution is -0.147. The fourth-order valence-corrected chi connectivity index (χ4v) is 2.37. The number of nitrogens with zero attached hydrogens (tertiary/aromatic N) is 2. The third-order valence-electron chi connectivity index (χ3n) is 3.28. The zero-order valence-corrected chi connectivity index (χ0v) is 11.0. The summed E-state index contributed by atoms with van der Waals surface area (Å²) in [5, 5.41) is 9.10. The average Bonchev–Trinajstić information content (AvgIpc) is 2.83. The molecule has 19 heavy (non-hydrogen) atoms. The van der Waals surface area contributed by atoms with Crippen LogP contribution in [0.1, 0.15) is 24.0 Å². The first-order chi connectivity index (χ1) is 9.19. The summed E-state index contributed by atoms with van der Waals surface area (Å²) in [6, 6.07) is 7.29. The molecule has 0 radical (unpaired) electrons. The average molecular weight is 256 g/mol. The van der Waals surface area contributed by atoms with Crippen molar-refractivity contribution in [1.29, 1.82) is 5.26 Å². The van der Waals surface area contributed by atoms with Crippen LogP contribution >= 0.6 is 0 Å². The van der Waals surface area contributed by atoms with Gasteiger partial charge in [0.2, 0.25) is 0 Å². The second kappa shape index (κ2) is 5.57. The fraction of sp³-hybridized carbons (Fsp3) is 0.333. The van der Waals surface area contributed by atoms with Gasteiger partial charge >= 0.3 is 5.97 Å². The summed E-state index contributed by atoms with van der Waals surface area (Å²) in [5.74, 6) is -0.498. The molecule has 4 heteroatoms. The fourth-order valence-electron chi connectivity index (χ4n) is 2.37. The van der Waals surface area contributed by atoms with Gasteiger partial charge in [0, 0.05) is 12.1 Å². The second-order valence-corrected chi connectivity index (χ2v) is 4.43. The first kappa shape index (κ1) is 13.2. The van der Waals surface area contributed by atoms with E-state index in [0.717, 1.165) is 11.1 Å². The molecule has 0 saturated carbocycles. The van der Waals surface area contributed by atoms with E-state index in [1.165, 1.54) is 4.90 Å². The molecule has 0 amide bonds. The number of nitriles is 1. The van der Waals surface area contributed by atoms with E-state index >= 15 is 0 Å². The Morgan fingerprint density at radius 1 is 1.47 bits per heavy atom. The second-order valence-electron chi connectivity index (χ2n) is 4.43. The van der Waals surface area contributed by atoms with Crippen molar-refractivity contribution in [2.75, 3.05) is 6.61 Å². The van der Waals surface area contributed by atoms with E-state index in [9.17, 15) is 4.79 Å². The highest BCUT2D eigenvalue weighted by atomic mass is 16.5. The quantitative estimate of drug-likeness (QED) is 0.615. The van der Waals surface area contributed by atoms with Crippen LogP contribution in [0, 0.1) is 18.4 Å². The highest BCUT2D eigenvalue weighted by molar-refractivity contribution is 5.79. The minimum atomic E-state index is -0.592. The van der Waals surface area contributed by atoms with Crippen molar-refractivity contribution in [2.24, 2.45) is 0 Å². The molecule has 0 bridgehead atoms. The van der Waals surface area contributed by atoms with Crippen molar-refractivity contribution in [3.63, 3.8) is 0 Å². The lowest BCUT2D eigenvalue weighted by Crippen LogP contribution is -2.37. The van der Waals surface area contributed by atoms with Crippen LogP contribution in [0.4, 0.5) is 0 Å². The first-order valence-corrected chi connectivity index (χ1v) is 6.27. The molecule has 0 aromatic heterocycles. The number of esters is 1. The van der Waals surface area contributed by atoms with E-state index in [0.29, 0.717) is 6.61 Å². The lowest BCUT2D eigenvalue weighted by Gasteiger charge is -2.23. The predicted octanol–water partition coefficient (Wildman–Crippen LogP) is 2.32. The topological polar surface area (TPSA) is 53.3 Å². The molecule has 0 spiro atoms. The number of ether oxygens (including phenoxy) is 1. The summed E-state index contributed by atoms with van der Waals surface area (Å²) in [6.07, 6.45) is 5.55. The number of hydrogen-bond acceptors (Lipinski definition) is 4. The third-order valence-corrected chi connectivity index (χ3v) is 3.28. The maximum Gasteiger partial charge on any atom is 0.330 e. The molecule has 2 rings (SSSR count). The van der Waals surface area contributed by atoms with Crippen molar-refractivity contribution in [1.82, 2.24) is 4.90 Å². The molecule has 1 heterocycles. The van der Waals surface area contributed by atoms with Gasteiger partial charge in [0.05, 0.1) is 6.61 Å². The van der Waals surface area contributed by atoms with Crippen LogP contribution in [0.25, 0.3) is 0 Å². The smallest absolute Gasteiger partial charge is 0.330 e. The third kappa shape index (κ3) is 2.45. The molecule has 2 atom stereocenters. The predicted molar refractivity (Wildman–Crippen MR) is 70.9 cm³/mol. The van der Waals surface area contributed by atoms with Gasteiger partial charge in [0.1, 0.15) is 0 Å². The molecule has 0 N–H and O–H groups in total. The van der Waals surface area contributed by atoms with E-state index in [4.69, 9.17) is 10.00 Å². The molecule has 0 saturated heterocycles. The van der Waals surface area contributed by atoms with Crippen LogP contribution in [0.5, 0.6) is 0 Å². The highest BCUT2D eigenvalue weighted by Gasteiger charge is 2.38. The van der Waals surface area contributed by atoms with Crippen LogP contribution in [-0.4, -0.2) is 23.5 Å². The summed E-state index contributed by atoms with van der Waals surface area (Å²) < 4.78 is 5.08. The molecule has 1 aliphatic heterocycles. The van der Waals surface area contributed by atoms with Gasteiger partial charge in [-0.2, -0.15) is 5.26 Å². The summed E-state index contributed by atoms with van der Waals surface area (Å²) in [4.78, 5) is 13.4. The molecule has 2 unspecified atom stereocenters. The Balaban J connectivity index is 2.34. The largest absolute Gasteiger partial charge is 0.464 e. The number of aryl methyl sites for hydroxylation is 1. The number of benzene rings is 1. The Bertz CT molecular complexity index is 545. The zero-order chi connectivity index (χ0) is 13.8. The SMILES string of the molecule is CCOC(=O)C1C(c2ccccc2C)C=CN1C#N. The van der Waals surface area contributed by atoms with Gasteiger partial charge in [-0.1, -0.05) is 30.3 Å². The molecule has 1 aromatic rings. The van der Waals surface area contributed by atoms with Crippen molar-refractivity contribution in [3.05, 3.63) is 47.7 Å². The monoisotopic (exact) mass is 256 g/mol. The summed E-state index contributed by atoms with van der Waals surface area (Å²) >= 11 is 0. The summed E-state index contributed by atoms with van der Waals surface area (Å²) in [7, 11) is 0. The molecule has 1 aliphatic rings. The maximum absolute atomic E-state index is 12.1. The number of carbonyl (C=O) groups excluding carboxylic acids is 1. The molecule has 4 nitrogen and oxygen atoms in total. The van der Waals surface area contributed by atoms with Gasteiger partial charge in [-0.15, -0.1) is 0 Å². The van der Waals surface area contributed by atoms with Crippen LogP contribution in [-0.2, 0) is 9.53 Å². The van der Waals surface area contributed by atoms with Gasteiger partial charge < -0.3 is 4.74 Å². The molecule has 0 aliphatic carbocycles. The first-order valence-electron chi connectivity index (χ1n) is 6.27. The van der Waals surface area contributed by atoms with Crippen LogP contribution < -0.4 is 0 Å². The number of hydrogen-bond donors (Lipinski definition) is 0. The van der Waals surface area contributed by atoms with Crippen molar-refractivity contribution < 1.29 is 9.53 Å². The number of carbonyl (C=O) groups is 1. The Hall–Kier alpha value is -2.28. The Kier molecular flexibility index (Phi) is 3.86. The van der Waals surface area contributed by atoms with Gasteiger partial charge in [-0.25, -0.2) is 4.79 Å². The maximum atomic E-state index is 12.1. The molecular weight excluding hydrogens is 240 g/mol. The summed E-state index contributed by atoms with van der Waals surface area (Å²) in [6.45, 7) is 4.08. The van der Waals surface area contributed by atoms with E-state index < -0.39 is 6.04 Å². The van der Waals surface area contributed by atoms with E-state index in [1.807, 2.05) is 43.5 Å². The van der Waals surface area contributed by atoms with Gasteiger partial charge in [0.25, 0.3) is 0 Å². The Labute approximate surface area is 112 Å². The van der Waals surface area contributed by atoms with Gasteiger partial charge in [-0.05, 0) is 25.0 Å². The van der Waals surface area contributed by atoms with E-state index in [2.05, 4.69) is 0 Å². The minimum absolute atomic E-state index is 0.139. The van der Waals surface area contributed by atoms with Gasteiger partial charge in [0.15, 0.2) is 12.2 Å². The Morgan fingerprint density at radius 2 is 2.21 bits per heavy atom. The molecular formula is C15H16N2O2. The lowest BCUT2D eigenvalue weighted by atomic mass is 9.90. The molecule has 1 aromatic carbocycles. The number of rotatable bonds is 3. The Morgan fingerprint density at radius 3 is 2.84 bits per heavy atom. The van der Waals surface area contributed by atoms with Crippen molar-refractivity contribution in [2.45, 2.75) is 25.8 Å². The molecule has 0 fully saturated rings. The van der Waals surface area contributed by atoms with Crippen molar-refractivity contribution in [3.8, 4) is 6.19 Å². The van der Waals surface area contributed by atoms with Crippen molar-refractivity contribution >= 4 is 5.97 Å². The van der Waals surface area contributed by atoms with Gasteiger partial charge in [-0.3, -0.25) is 4.90 Å². The summed E-state index contributed by atoms with van der Waals surface area (Å²) in [5.41, 5.74) is 2.15. The van der Waals surface area contributed by atoms with Crippen LogP contribution in [0.2, 0.25) is 0 Å². The standard InChI is InChI=1S/C15H16N2O2/c1-3-19-15(18)14-13(8-9-17(14)10-16)12-7-5-4-6-11(12)2/h4-9,13-14H,3H2,1-2H3. The highest BCUT2D eigenvalue weighted by Crippen LogP contribution is 2.33. The van der Waals surface area contributed by atoms with E-state index in [-0.39, 0.29) is 11.9 Å².